The lowest BCUT2D eigenvalue weighted by Gasteiger charge is -2.36. The standard InChI is InChI=1S/C26H28FN3O6/c1-17-22(18(2)36-28-17)15-34-23-9-4-19(14-24(23)33-3)26(32)35-16-25(31)30-12-10-29(11-13-30)21-7-5-20(27)6-8-21/h4-9,14H,10-13,15-16H2,1-3H3. The molecule has 1 fully saturated rings. The van der Waals surface area contributed by atoms with Crippen molar-refractivity contribution in [3.05, 3.63) is 70.9 Å². The number of hydrogen-bond acceptors (Lipinski definition) is 8. The second-order valence-corrected chi connectivity index (χ2v) is 8.38. The van der Waals surface area contributed by atoms with Gasteiger partial charge in [0.15, 0.2) is 18.1 Å². The van der Waals surface area contributed by atoms with Crippen LogP contribution in [0.4, 0.5) is 10.1 Å². The Balaban J connectivity index is 1.28. The van der Waals surface area contributed by atoms with Crippen molar-refractivity contribution in [2.75, 3.05) is 44.8 Å². The summed E-state index contributed by atoms with van der Waals surface area (Å²) in [6, 6.07) is 10.9. The molecule has 1 aliphatic heterocycles. The monoisotopic (exact) mass is 497 g/mol. The van der Waals surface area contributed by atoms with Crippen LogP contribution in [0.1, 0.15) is 27.4 Å². The van der Waals surface area contributed by atoms with E-state index in [0.717, 1.165) is 16.9 Å². The number of benzene rings is 2. The first-order valence-corrected chi connectivity index (χ1v) is 11.5. The molecule has 9 nitrogen and oxygen atoms in total. The lowest BCUT2D eigenvalue weighted by molar-refractivity contribution is -0.134. The molecule has 36 heavy (non-hydrogen) atoms. The first-order valence-electron chi connectivity index (χ1n) is 11.5. The highest BCUT2D eigenvalue weighted by molar-refractivity contribution is 5.92. The lowest BCUT2D eigenvalue weighted by atomic mass is 10.2. The maximum Gasteiger partial charge on any atom is 0.338 e. The van der Waals surface area contributed by atoms with Crippen molar-refractivity contribution < 1.29 is 32.7 Å². The number of carbonyl (C=O) groups excluding carboxylic acids is 2. The minimum absolute atomic E-state index is 0.240. The summed E-state index contributed by atoms with van der Waals surface area (Å²) in [5.41, 5.74) is 2.74. The van der Waals surface area contributed by atoms with Gasteiger partial charge in [0.1, 0.15) is 18.2 Å². The molecule has 2 heterocycles. The number of aryl methyl sites for hydroxylation is 2. The number of hydrogen-bond donors (Lipinski definition) is 0. The molecule has 4 rings (SSSR count). The molecule has 0 atom stereocenters. The van der Waals surface area contributed by atoms with Gasteiger partial charge in [0.2, 0.25) is 0 Å². The van der Waals surface area contributed by atoms with Gasteiger partial charge in [-0.25, -0.2) is 9.18 Å². The van der Waals surface area contributed by atoms with Crippen LogP contribution in [0.25, 0.3) is 0 Å². The maximum atomic E-state index is 13.1. The Morgan fingerprint density at radius 2 is 1.75 bits per heavy atom. The van der Waals surface area contributed by atoms with Crippen LogP contribution in [0.2, 0.25) is 0 Å². The van der Waals surface area contributed by atoms with E-state index in [2.05, 4.69) is 10.1 Å². The zero-order valence-corrected chi connectivity index (χ0v) is 20.5. The fourth-order valence-electron chi connectivity index (χ4n) is 3.94. The number of piperazine rings is 1. The number of anilines is 1. The largest absolute Gasteiger partial charge is 0.493 e. The summed E-state index contributed by atoms with van der Waals surface area (Å²) in [6.45, 7) is 5.71. The Labute approximate surface area is 208 Å². The van der Waals surface area contributed by atoms with E-state index in [1.165, 1.54) is 25.3 Å². The van der Waals surface area contributed by atoms with Crippen LogP contribution < -0.4 is 14.4 Å². The summed E-state index contributed by atoms with van der Waals surface area (Å²) in [4.78, 5) is 28.9. The SMILES string of the molecule is COc1cc(C(=O)OCC(=O)N2CCN(c3ccc(F)cc3)CC2)ccc1OCc1c(C)noc1C. The van der Waals surface area contributed by atoms with Gasteiger partial charge >= 0.3 is 5.97 Å². The third-order valence-corrected chi connectivity index (χ3v) is 6.10. The van der Waals surface area contributed by atoms with E-state index in [-0.39, 0.29) is 30.5 Å². The van der Waals surface area contributed by atoms with Gasteiger partial charge in [-0.3, -0.25) is 4.79 Å². The summed E-state index contributed by atoms with van der Waals surface area (Å²) >= 11 is 0. The van der Waals surface area contributed by atoms with Gasteiger partial charge in [-0.1, -0.05) is 5.16 Å². The second kappa shape index (κ2) is 11.1. The first kappa shape index (κ1) is 25.0. The number of carbonyl (C=O) groups is 2. The Morgan fingerprint density at radius 3 is 2.39 bits per heavy atom. The highest BCUT2D eigenvalue weighted by atomic mass is 19.1. The quantitative estimate of drug-likeness (QED) is 0.437. The molecule has 3 aromatic rings. The van der Waals surface area contributed by atoms with Crippen LogP contribution in [0.15, 0.2) is 47.0 Å². The van der Waals surface area contributed by atoms with Gasteiger partial charge in [0.25, 0.3) is 5.91 Å². The van der Waals surface area contributed by atoms with E-state index < -0.39 is 5.97 Å². The summed E-state index contributed by atoms with van der Waals surface area (Å²) < 4.78 is 34.7. The highest BCUT2D eigenvalue weighted by Gasteiger charge is 2.23. The van der Waals surface area contributed by atoms with Crippen LogP contribution in [0.5, 0.6) is 11.5 Å². The normalized spacial score (nSPS) is 13.4. The van der Waals surface area contributed by atoms with Crippen LogP contribution in [0, 0.1) is 19.7 Å². The van der Waals surface area contributed by atoms with E-state index in [4.69, 9.17) is 18.7 Å². The van der Waals surface area contributed by atoms with Gasteiger partial charge in [-0.2, -0.15) is 0 Å². The van der Waals surface area contributed by atoms with E-state index in [1.54, 1.807) is 29.2 Å². The molecule has 0 N–H and O–H groups in total. The van der Waals surface area contributed by atoms with E-state index >= 15 is 0 Å². The Kier molecular flexibility index (Phi) is 7.72. The third-order valence-electron chi connectivity index (χ3n) is 6.10. The van der Waals surface area contributed by atoms with Crippen molar-refractivity contribution in [2.24, 2.45) is 0 Å². The van der Waals surface area contributed by atoms with Crippen molar-refractivity contribution in [1.82, 2.24) is 10.1 Å². The minimum Gasteiger partial charge on any atom is -0.493 e. The third kappa shape index (κ3) is 5.76. The fraction of sp³-hybridized carbons (Fsp3) is 0.346. The van der Waals surface area contributed by atoms with Crippen LogP contribution in [-0.2, 0) is 16.1 Å². The van der Waals surface area contributed by atoms with Crippen molar-refractivity contribution >= 4 is 17.6 Å². The molecule has 0 bridgehead atoms. The molecule has 0 saturated carbocycles. The molecule has 190 valence electrons. The molecule has 0 radical (unpaired) electrons. The molecule has 2 aromatic carbocycles. The van der Waals surface area contributed by atoms with Crippen LogP contribution >= 0.6 is 0 Å². The summed E-state index contributed by atoms with van der Waals surface area (Å²) in [5, 5.41) is 3.90. The average molecular weight is 498 g/mol. The number of halogens is 1. The summed E-state index contributed by atoms with van der Waals surface area (Å²) in [6.07, 6.45) is 0. The van der Waals surface area contributed by atoms with Crippen molar-refractivity contribution in [3.8, 4) is 11.5 Å². The van der Waals surface area contributed by atoms with Crippen molar-refractivity contribution in [3.63, 3.8) is 0 Å². The summed E-state index contributed by atoms with van der Waals surface area (Å²) in [5.74, 6) is 0.292. The van der Waals surface area contributed by atoms with Crippen LogP contribution in [0.3, 0.4) is 0 Å². The number of rotatable bonds is 8. The molecule has 0 unspecified atom stereocenters. The maximum absolute atomic E-state index is 13.1. The lowest BCUT2D eigenvalue weighted by Crippen LogP contribution is -2.49. The number of amides is 1. The van der Waals surface area contributed by atoms with Gasteiger partial charge in [0.05, 0.1) is 23.9 Å². The smallest absolute Gasteiger partial charge is 0.338 e. The van der Waals surface area contributed by atoms with Gasteiger partial charge in [-0.05, 0) is 56.3 Å². The van der Waals surface area contributed by atoms with E-state index in [0.29, 0.717) is 43.4 Å². The number of esters is 1. The molecule has 10 heteroatoms. The zero-order chi connectivity index (χ0) is 25.7. The molecular weight excluding hydrogens is 469 g/mol. The molecule has 1 amide bonds. The molecule has 0 aliphatic carbocycles. The van der Waals surface area contributed by atoms with E-state index in [1.807, 2.05) is 13.8 Å². The predicted molar refractivity (Wildman–Crippen MR) is 129 cm³/mol. The Hall–Kier alpha value is -4.08. The van der Waals surface area contributed by atoms with Gasteiger partial charge < -0.3 is 28.5 Å². The van der Waals surface area contributed by atoms with Crippen LogP contribution in [-0.4, -0.2) is 61.8 Å². The number of ether oxygens (including phenoxy) is 3. The predicted octanol–water partition coefficient (Wildman–Crippen LogP) is 3.52. The average Bonchev–Trinajstić information content (AvgIpc) is 3.22. The molecule has 1 aliphatic rings. The van der Waals surface area contributed by atoms with Gasteiger partial charge in [-0.15, -0.1) is 0 Å². The van der Waals surface area contributed by atoms with E-state index in [9.17, 15) is 14.0 Å². The number of aromatic nitrogens is 1. The second-order valence-electron chi connectivity index (χ2n) is 8.38. The Morgan fingerprint density at radius 1 is 1.03 bits per heavy atom. The zero-order valence-electron chi connectivity index (χ0n) is 20.5. The molecule has 1 saturated heterocycles. The topological polar surface area (TPSA) is 94.3 Å². The Bertz CT molecular complexity index is 1200. The summed E-state index contributed by atoms with van der Waals surface area (Å²) in [7, 11) is 1.47. The van der Waals surface area contributed by atoms with Crippen molar-refractivity contribution in [1.29, 1.82) is 0 Å². The molecule has 1 aromatic heterocycles. The van der Waals surface area contributed by atoms with Crippen molar-refractivity contribution in [2.45, 2.75) is 20.5 Å². The van der Waals surface area contributed by atoms with Gasteiger partial charge in [0, 0.05) is 31.9 Å². The number of methoxy groups -OCH3 is 1. The molecular formula is C26H28FN3O6. The molecule has 0 spiro atoms. The highest BCUT2D eigenvalue weighted by Crippen LogP contribution is 2.30. The first-order chi connectivity index (χ1) is 17.4. The minimum atomic E-state index is -0.635. The fourth-order valence-corrected chi connectivity index (χ4v) is 3.94. The number of nitrogens with zero attached hydrogens (tertiary/aromatic N) is 3.